The van der Waals surface area contributed by atoms with Crippen molar-refractivity contribution in [3.05, 3.63) is 70.9 Å². The van der Waals surface area contributed by atoms with E-state index in [4.69, 9.17) is 0 Å². The van der Waals surface area contributed by atoms with E-state index >= 15 is 0 Å². The number of nitrogens with one attached hydrogen (secondary N) is 1. The Bertz CT molecular complexity index is 916. The molecule has 0 radical (unpaired) electrons. The van der Waals surface area contributed by atoms with E-state index in [0.717, 1.165) is 23.1 Å². The number of aromatic amines is 1. The molecule has 5 nitrogen and oxygen atoms in total. The molecule has 1 unspecified atom stereocenters. The number of aromatic nitrogens is 2. The van der Waals surface area contributed by atoms with Crippen molar-refractivity contribution >= 4 is 5.97 Å². The van der Waals surface area contributed by atoms with Crippen LogP contribution in [0, 0.1) is 0 Å². The molecule has 4 rings (SSSR count). The number of H-pyrrole nitrogens is 1. The van der Waals surface area contributed by atoms with Crippen molar-refractivity contribution in [2.24, 2.45) is 0 Å². The first kappa shape index (κ1) is 14.5. The molecule has 1 aliphatic carbocycles. The fraction of sp³-hybridized carbons (Fsp3) is 0.158. The topological polar surface area (TPSA) is 86.2 Å². The zero-order valence-electron chi connectivity index (χ0n) is 12.9. The van der Waals surface area contributed by atoms with Gasteiger partial charge in [0.15, 0.2) is 0 Å². The molecule has 3 N–H and O–H groups in total. The maximum absolute atomic E-state index is 11.5. The van der Waals surface area contributed by atoms with Crippen LogP contribution < -0.4 is 0 Å². The van der Waals surface area contributed by atoms with Gasteiger partial charge in [0.2, 0.25) is 0 Å². The van der Waals surface area contributed by atoms with Crippen molar-refractivity contribution in [1.82, 2.24) is 10.2 Å². The molecule has 0 bridgehead atoms. The van der Waals surface area contributed by atoms with Crippen LogP contribution in [0.4, 0.5) is 0 Å². The molecule has 1 aromatic heterocycles. The Morgan fingerprint density at radius 2 is 2.00 bits per heavy atom. The van der Waals surface area contributed by atoms with E-state index in [0.29, 0.717) is 12.1 Å². The lowest BCUT2D eigenvalue weighted by Gasteiger charge is -2.25. The highest BCUT2D eigenvalue weighted by atomic mass is 16.4. The van der Waals surface area contributed by atoms with Crippen LogP contribution in [0.5, 0.6) is 5.75 Å². The summed E-state index contributed by atoms with van der Waals surface area (Å²) in [6.07, 6.45) is 1.36. The number of phenols is 1. The number of aromatic hydroxyl groups is 1. The second-order valence-corrected chi connectivity index (χ2v) is 6.09. The number of carboxylic acid groups (broad SMARTS) is 1. The average Bonchev–Trinajstić information content (AvgIpc) is 3.00. The van der Waals surface area contributed by atoms with Gasteiger partial charge >= 0.3 is 5.97 Å². The molecule has 0 saturated carbocycles. The van der Waals surface area contributed by atoms with Crippen molar-refractivity contribution in [3.8, 4) is 17.0 Å². The molecule has 1 atom stereocenters. The van der Waals surface area contributed by atoms with Gasteiger partial charge in [-0.3, -0.25) is 5.10 Å². The first-order valence-electron chi connectivity index (χ1n) is 7.81. The van der Waals surface area contributed by atoms with Gasteiger partial charge in [-0.15, -0.1) is 0 Å². The second-order valence-electron chi connectivity index (χ2n) is 6.09. The Balaban J connectivity index is 1.83. The van der Waals surface area contributed by atoms with Gasteiger partial charge < -0.3 is 10.2 Å². The van der Waals surface area contributed by atoms with Gasteiger partial charge in [0, 0.05) is 11.1 Å². The predicted octanol–water partition coefficient (Wildman–Crippen LogP) is 3.36. The smallest absolute Gasteiger partial charge is 0.354 e. The number of carboxylic acids is 1. The Kier molecular flexibility index (Phi) is 3.34. The number of hydrogen-bond acceptors (Lipinski definition) is 3. The Morgan fingerprint density at radius 3 is 2.75 bits per heavy atom. The summed E-state index contributed by atoms with van der Waals surface area (Å²) in [6, 6.07) is 15.3. The largest absolute Gasteiger partial charge is 0.508 e. The van der Waals surface area contributed by atoms with E-state index in [-0.39, 0.29) is 17.4 Å². The summed E-state index contributed by atoms with van der Waals surface area (Å²) < 4.78 is 0. The summed E-state index contributed by atoms with van der Waals surface area (Å²) >= 11 is 0. The van der Waals surface area contributed by atoms with Crippen LogP contribution in [0.3, 0.4) is 0 Å². The maximum atomic E-state index is 11.5. The van der Waals surface area contributed by atoms with E-state index < -0.39 is 5.97 Å². The zero-order valence-corrected chi connectivity index (χ0v) is 12.9. The maximum Gasteiger partial charge on any atom is 0.354 e. The third-order valence-electron chi connectivity index (χ3n) is 4.59. The number of phenolic OH excluding ortho intramolecular Hbond substituents is 1. The minimum absolute atomic E-state index is 0.0951. The van der Waals surface area contributed by atoms with Crippen LogP contribution in [0.2, 0.25) is 0 Å². The quantitative estimate of drug-likeness (QED) is 0.690. The van der Waals surface area contributed by atoms with Gasteiger partial charge in [0.1, 0.15) is 11.4 Å². The van der Waals surface area contributed by atoms with Crippen LogP contribution in [0.25, 0.3) is 11.3 Å². The van der Waals surface area contributed by atoms with Gasteiger partial charge in [-0.2, -0.15) is 5.10 Å². The Labute approximate surface area is 138 Å². The molecule has 24 heavy (non-hydrogen) atoms. The van der Waals surface area contributed by atoms with E-state index in [9.17, 15) is 15.0 Å². The second kappa shape index (κ2) is 5.53. The highest BCUT2D eigenvalue weighted by molar-refractivity contribution is 5.90. The predicted molar refractivity (Wildman–Crippen MR) is 89.2 cm³/mol. The highest BCUT2D eigenvalue weighted by Crippen LogP contribution is 2.42. The van der Waals surface area contributed by atoms with Crippen LogP contribution >= 0.6 is 0 Å². The van der Waals surface area contributed by atoms with Crippen LogP contribution in [0.1, 0.15) is 33.1 Å². The summed E-state index contributed by atoms with van der Waals surface area (Å²) in [5, 5.41) is 26.1. The standard InChI is InChI=1S/C19H16N2O3/c22-13-6-7-14-15(10-13)12(8-11-4-2-1-3-5-11)9-16-17(14)20-21-18(16)19(23)24/h1-7,10,12,22H,8-9H2,(H,20,21)(H,23,24). The first-order valence-corrected chi connectivity index (χ1v) is 7.81. The lowest BCUT2D eigenvalue weighted by atomic mass is 9.78. The summed E-state index contributed by atoms with van der Waals surface area (Å²) in [7, 11) is 0. The lowest BCUT2D eigenvalue weighted by molar-refractivity contribution is 0.0689. The Hall–Kier alpha value is -3.08. The van der Waals surface area contributed by atoms with Crippen LogP contribution in [0.15, 0.2) is 48.5 Å². The summed E-state index contributed by atoms with van der Waals surface area (Å²) in [6.45, 7) is 0. The molecule has 1 heterocycles. The van der Waals surface area contributed by atoms with Crippen molar-refractivity contribution in [2.45, 2.75) is 18.8 Å². The number of carbonyl (C=O) groups is 1. The van der Waals surface area contributed by atoms with Gasteiger partial charge in [0.05, 0.1) is 5.69 Å². The van der Waals surface area contributed by atoms with Crippen molar-refractivity contribution in [2.75, 3.05) is 0 Å². The monoisotopic (exact) mass is 320 g/mol. The van der Waals surface area contributed by atoms with Crippen molar-refractivity contribution in [3.63, 3.8) is 0 Å². The zero-order chi connectivity index (χ0) is 16.7. The lowest BCUT2D eigenvalue weighted by Crippen LogP contribution is -2.15. The highest BCUT2D eigenvalue weighted by Gasteiger charge is 2.31. The molecule has 1 aliphatic rings. The number of rotatable bonds is 3. The summed E-state index contributed by atoms with van der Waals surface area (Å²) in [4.78, 5) is 11.5. The van der Waals surface area contributed by atoms with Gasteiger partial charge in [-0.1, -0.05) is 30.3 Å². The van der Waals surface area contributed by atoms with Gasteiger partial charge in [0.25, 0.3) is 0 Å². The molecular weight excluding hydrogens is 304 g/mol. The molecule has 3 aromatic rings. The molecule has 2 aromatic carbocycles. The minimum atomic E-state index is -0.996. The normalized spacial score (nSPS) is 15.6. The average molecular weight is 320 g/mol. The van der Waals surface area contributed by atoms with E-state index in [1.807, 2.05) is 24.3 Å². The number of benzene rings is 2. The van der Waals surface area contributed by atoms with E-state index in [2.05, 4.69) is 22.3 Å². The fourth-order valence-electron chi connectivity index (χ4n) is 3.50. The minimum Gasteiger partial charge on any atom is -0.508 e. The van der Waals surface area contributed by atoms with Crippen LogP contribution in [-0.2, 0) is 12.8 Å². The van der Waals surface area contributed by atoms with Crippen LogP contribution in [-0.4, -0.2) is 26.4 Å². The fourth-order valence-corrected chi connectivity index (χ4v) is 3.50. The van der Waals surface area contributed by atoms with Gasteiger partial charge in [-0.25, -0.2) is 4.79 Å². The molecular formula is C19H16N2O3. The third kappa shape index (κ3) is 2.34. The molecule has 120 valence electrons. The number of fused-ring (bicyclic) bond motifs is 3. The molecule has 0 aliphatic heterocycles. The van der Waals surface area contributed by atoms with Crippen molar-refractivity contribution < 1.29 is 15.0 Å². The van der Waals surface area contributed by atoms with Crippen molar-refractivity contribution in [1.29, 1.82) is 0 Å². The third-order valence-corrected chi connectivity index (χ3v) is 4.59. The Morgan fingerprint density at radius 1 is 1.21 bits per heavy atom. The molecule has 0 saturated heterocycles. The molecule has 0 spiro atoms. The molecule has 5 heteroatoms. The van der Waals surface area contributed by atoms with E-state index in [1.165, 1.54) is 5.56 Å². The summed E-state index contributed by atoms with van der Waals surface area (Å²) in [5.74, 6) is -0.689. The number of nitrogens with zero attached hydrogens (tertiary/aromatic N) is 1. The summed E-state index contributed by atoms with van der Waals surface area (Å²) in [5.41, 5.74) is 4.64. The van der Waals surface area contributed by atoms with E-state index in [1.54, 1.807) is 12.1 Å². The first-order chi connectivity index (χ1) is 11.6. The molecule has 0 amide bonds. The van der Waals surface area contributed by atoms with Gasteiger partial charge in [-0.05, 0) is 48.1 Å². The SMILES string of the molecule is O=C(O)c1[nH]nc2c1CC(Cc1ccccc1)c1cc(O)ccc1-2. The molecule has 0 fully saturated rings. The number of hydrogen-bond donors (Lipinski definition) is 3. The number of aromatic carboxylic acids is 1.